The molecule has 0 heterocycles. The third kappa shape index (κ3) is 3.42. The molecular formula is C12H17FN2O2. The highest BCUT2D eigenvalue weighted by Crippen LogP contribution is 2.25. The Balaban J connectivity index is 2.93. The van der Waals surface area contributed by atoms with Crippen LogP contribution in [0.25, 0.3) is 0 Å². The molecule has 1 unspecified atom stereocenters. The lowest BCUT2D eigenvalue weighted by atomic mass is 10.1. The van der Waals surface area contributed by atoms with Crippen molar-refractivity contribution < 1.29 is 14.3 Å². The summed E-state index contributed by atoms with van der Waals surface area (Å²) in [4.78, 5) is 12.7. The van der Waals surface area contributed by atoms with Crippen LogP contribution in [0.2, 0.25) is 0 Å². The summed E-state index contributed by atoms with van der Waals surface area (Å²) < 4.78 is 13.6. The molecule has 94 valence electrons. The Labute approximate surface area is 99.8 Å². The number of carbonyl (C=O) groups is 1. The van der Waals surface area contributed by atoms with Crippen molar-refractivity contribution in [3.8, 4) is 5.75 Å². The zero-order valence-corrected chi connectivity index (χ0v) is 9.98. The van der Waals surface area contributed by atoms with E-state index in [0.717, 1.165) is 6.07 Å². The molecule has 0 spiro atoms. The largest absolute Gasteiger partial charge is 0.508 e. The van der Waals surface area contributed by atoms with Gasteiger partial charge in [-0.3, -0.25) is 9.69 Å². The SMILES string of the molecule is CCN(CC(N)=O)C(C)c1ccc(O)cc1F. The van der Waals surface area contributed by atoms with Gasteiger partial charge in [0, 0.05) is 17.7 Å². The quantitative estimate of drug-likeness (QED) is 0.817. The molecule has 1 amide bonds. The number of aromatic hydroxyl groups is 1. The number of hydrogen-bond acceptors (Lipinski definition) is 3. The first-order chi connectivity index (χ1) is 7.95. The van der Waals surface area contributed by atoms with Gasteiger partial charge in [0.2, 0.25) is 5.91 Å². The molecule has 0 saturated heterocycles. The highest BCUT2D eigenvalue weighted by atomic mass is 19.1. The Bertz CT molecular complexity index is 409. The Morgan fingerprint density at radius 2 is 2.24 bits per heavy atom. The molecular weight excluding hydrogens is 223 g/mol. The normalized spacial score (nSPS) is 12.7. The van der Waals surface area contributed by atoms with Crippen LogP contribution in [0.4, 0.5) is 4.39 Å². The lowest BCUT2D eigenvalue weighted by Crippen LogP contribution is -2.35. The molecule has 0 aliphatic carbocycles. The van der Waals surface area contributed by atoms with E-state index in [9.17, 15) is 9.18 Å². The maximum absolute atomic E-state index is 13.6. The third-order valence-corrected chi connectivity index (χ3v) is 2.75. The number of halogens is 1. The van der Waals surface area contributed by atoms with E-state index in [1.165, 1.54) is 12.1 Å². The summed E-state index contributed by atoms with van der Waals surface area (Å²) in [5, 5.41) is 9.13. The molecule has 1 aromatic carbocycles. The van der Waals surface area contributed by atoms with Crippen molar-refractivity contribution in [3.05, 3.63) is 29.6 Å². The molecule has 1 atom stereocenters. The van der Waals surface area contributed by atoms with E-state index in [4.69, 9.17) is 10.8 Å². The predicted octanol–water partition coefficient (Wildman–Crippen LogP) is 1.40. The molecule has 1 rings (SSSR count). The first-order valence-electron chi connectivity index (χ1n) is 5.46. The monoisotopic (exact) mass is 240 g/mol. The molecule has 1 aromatic rings. The smallest absolute Gasteiger partial charge is 0.231 e. The topological polar surface area (TPSA) is 66.6 Å². The second kappa shape index (κ2) is 5.63. The Morgan fingerprint density at radius 1 is 1.59 bits per heavy atom. The van der Waals surface area contributed by atoms with Crippen LogP contribution in [0.1, 0.15) is 25.5 Å². The molecule has 0 fully saturated rings. The molecule has 0 aromatic heterocycles. The number of primary amides is 1. The average Bonchev–Trinajstić information content (AvgIpc) is 2.24. The van der Waals surface area contributed by atoms with Gasteiger partial charge in [-0.05, 0) is 19.5 Å². The van der Waals surface area contributed by atoms with Crippen LogP contribution in [0.5, 0.6) is 5.75 Å². The van der Waals surface area contributed by atoms with Crippen molar-refractivity contribution in [2.75, 3.05) is 13.1 Å². The fraction of sp³-hybridized carbons (Fsp3) is 0.417. The zero-order valence-electron chi connectivity index (χ0n) is 9.98. The van der Waals surface area contributed by atoms with E-state index in [1.807, 2.05) is 6.92 Å². The number of likely N-dealkylation sites (N-methyl/N-ethyl adjacent to an activating group) is 1. The molecule has 0 bridgehead atoms. The van der Waals surface area contributed by atoms with E-state index < -0.39 is 11.7 Å². The Morgan fingerprint density at radius 3 is 2.71 bits per heavy atom. The minimum atomic E-state index is -0.486. The number of nitrogens with zero attached hydrogens (tertiary/aromatic N) is 1. The number of phenolic OH excluding ortho intramolecular Hbond substituents is 1. The molecule has 4 nitrogen and oxygen atoms in total. The van der Waals surface area contributed by atoms with Gasteiger partial charge in [-0.1, -0.05) is 13.0 Å². The minimum Gasteiger partial charge on any atom is -0.508 e. The number of carbonyl (C=O) groups excluding carboxylic acids is 1. The molecule has 5 heteroatoms. The number of benzene rings is 1. The lowest BCUT2D eigenvalue weighted by Gasteiger charge is -2.27. The fourth-order valence-electron chi connectivity index (χ4n) is 1.77. The van der Waals surface area contributed by atoms with Gasteiger partial charge in [-0.2, -0.15) is 0 Å². The van der Waals surface area contributed by atoms with Crippen LogP contribution in [-0.4, -0.2) is 29.0 Å². The Kier molecular flexibility index (Phi) is 4.45. The van der Waals surface area contributed by atoms with Gasteiger partial charge >= 0.3 is 0 Å². The first-order valence-corrected chi connectivity index (χ1v) is 5.46. The van der Waals surface area contributed by atoms with Crippen molar-refractivity contribution in [2.24, 2.45) is 5.73 Å². The van der Waals surface area contributed by atoms with Crippen LogP contribution in [-0.2, 0) is 4.79 Å². The van der Waals surface area contributed by atoms with Gasteiger partial charge < -0.3 is 10.8 Å². The van der Waals surface area contributed by atoms with E-state index in [0.29, 0.717) is 12.1 Å². The average molecular weight is 240 g/mol. The maximum atomic E-state index is 13.6. The zero-order chi connectivity index (χ0) is 13.0. The van der Waals surface area contributed by atoms with Crippen molar-refractivity contribution in [2.45, 2.75) is 19.9 Å². The highest BCUT2D eigenvalue weighted by molar-refractivity contribution is 5.76. The lowest BCUT2D eigenvalue weighted by molar-refractivity contribution is -0.119. The summed E-state index contributed by atoms with van der Waals surface area (Å²) >= 11 is 0. The maximum Gasteiger partial charge on any atom is 0.231 e. The van der Waals surface area contributed by atoms with E-state index in [-0.39, 0.29) is 18.3 Å². The first kappa shape index (κ1) is 13.4. The van der Waals surface area contributed by atoms with Crippen molar-refractivity contribution in [1.29, 1.82) is 0 Å². The predicted molar refractivity (Wildman–Crippen MR) is 62.9 cm³/mol. The van der Waals surface area contributed by atoms with Crippen LogP contribution in [0.3, 0.4) is 0 Å². The fourth-order valence-corrected chi connectivity index (χ4v) is 1.77. The molecule has 0 saturated carbocycles. The molecule has 0 aliphatic rings. The van der Waals surface area contributed by atoms with Gasteiger partial charge in [0.1, 0.15) is 11.6 Å². The van der Waals surface area contributed by atoms with Crippen LogP contribution >= 0.6 is 0 Å². The highest BCUT2D eigenvalue weighted by Gasteiger charge is 2.19. The van der Waals surface area contributed by atoms with Crippen LogP contribution in [0, 0.1) is 5.82 Å². The van der Waals surface area contributed by atoms with Crippen LogP contribution in [0.15, 0.2) is 18.2 Å². The summed E-state index contributed by atoms with van der Waals surface area (Å²) in [5.41, 5.74) is 5.57. The number of amides is 1. The van der Waals surface area contributed by atoms with Gasteiger partial charge in [0.05, 0.1) is 6.54 Å². The number of phenols is 1. The molecule has 17 heavy (non-hydrogen) atoms. The standard InChI is InChI=1S/C12H17FN2O2/c1-3-15(7-12(14)17)8(2)10-5-4-9(16)6-11(10)13/h4-6,8,16H,3,7H2,1-2H3,(H2,14,17). The summed E-state index contributed by atoms with van der Waals surface area (Å²) in [6, 6.07) is 3.73. The molecule has 0 radical (unpaired) electrons. The summed E-state index contributed by atoms with van der Waals surface area (Å²) in [7, 11) is 0. The van der Waals surface area contributed by atoms with E-state index in [2.05, 4.69) is 0 Å². The molecule has 0 aliphatic heterocycles. The van der Waals surface area contributed by atoms with Gasteiger partial charge in [-0.25, -0.2) is 4.39 Å². The van der Waals surface area contributed by atoms with Crippen molar-refractivity contribution in [3.63, 3.8) is 0 Å². The second-order valence-electron chi connectivity index (χ2n) is 3.91. The number of hydrogen-bond donors (Lipinski definition) is 2. The van der Waals surface area contributed by atoms with Gasteiger partial charge in [0.15, 0.2) is 0 Å². The third-order valence-electron chi connectivity index (χ3n) is 2.75. The Hall–Kier alpha value is -1.62. The summed E-state index contributed by atoms with van der Waals surface area (Å²) in [6.07, 6.45) is 0. The van der Waals surface area contributed by atoms with Crippen molar-refractivity contribution in [1.82, 2.24) is 4.90 Å². The molecule has 3 N–H and O–H groups in total. The van der Waals surface area contributed by atoms with Gasteiger partial charge in [0.25, 0.3) is 0 Å². The summed E-state index contributed by atoms with van der Waals surface area (Å²) in [5.74, 6) is -1.05. The second-order valence-corrected chi connectivity index (χ2v) is 3.91. The van der Waals surface area contributed by atoms with Crippen LogP contribution < -0.4 is 5.73 Å². The van der Waals surface area contributed by atoms with E-state index in [1.54, 1.807) is 11.8 Å². The van der Waals surface area contributed by atoms with Crippen molar-refractivity contribution >= 4 is 5.91 Å². The number of nitrogens with two attached hydrogens (primary N) is 1. The number of rotatable bonds is 5. The minimum absolute atomic E-state index is 0.0813. The van der Waals surface area contributed by atoms with E-state index >= 15 is 0 Å². The van der Waals surface area contributed by atoms with Gasteiger partial charge in [-0.15, -0.1) is 0 Å². The summed E-state index contributed by atoms with van der Waals surface area (Å²) in [6.45, 7) is 4.34.